The molecule has 0 aliphatic heterocycles. The van der Waals surface area contributed by atoms with Gasteiger partial charge in [-0.1, -0.05) is 26.7 Å². The van der Waals surface area contributed by atoms with Crippen molar-refractivity contribution < 1.29 is 0 Å². The van der Waals surface area contributed by atoms with Gasteiger partial charge in [-0.05, 0) is 31.6 Å². The van der Waals surface area contributed by atoms with Gasteiger partial charge in [0.2, 0.25) is 0 Å². The molecule has 0 radical (unpaired) electrons. The molecule has 1 saturated carbocycles. The van der Waals surface area contributed by atoms with Gasteiger partial charge in [0, 0.05) is 25.5 Å². The van der Waals surface area contributed by atoms with Crippen LogP contribution in [-0.4, -0.2) is 15.6 Å². The fraction of sp³-hybridized carbons (Fsp3) is 0.800. The van der Waals surface area contributed by atoms with Crippen molar-refractivity contribution in [1.29, 1.82) is 0 Å². The zero-order valence-electron chi connectivity index (χ0n) is 12.2. The molecule has 1 aliphatic carbocycles. The minimum atomic E-state index is 0.342. The number of nitrogens with one attached hydrogen (secondary N) is 1. The minimum Gasteiger partial charge on any atom is -0.337 e. The van der Waals surface area contributed by atoms with Crippen LogP contribution in [0.4, 0.5) is 0 Å². The lowest BCUT2D eigenvalue weighted by Gasteiger charge is -2.36. The van der Waals surface area contributed by atoms with Crippen molar-refractivity contribution in [2.45, 2.75) is 58.5 Å². The summed E-state index contributed by atoms with van der Waals surface area (Å²) in [4.78, 5) is 4.45. The highest BCUT2D eigenvalue weighted by Crippen LogP contribution is 2.31. The SMILES string of the molecule is CC(NC1CCCCC1C(C)C)c1nccn1C. The van der Waals surface area contributed by atoms with Crippen LogP contribution in [0.1, 0.15) is 58.3 Å². The predicted molar refractivity (Wildman–Crippen MR) is 75.3 cm³/mol. The van der Waals surface area contributed by atoms with Crippen LogP contribution in [-0.2, 0) is 7.05 Å². The first kappa shape index (κ1) is 13.6. The summed E-state index contributed by atoms with van der Waals surface area (Å²) in [5.74, 6) is 2.74. The monoisotopic (exact) mass is 249 g/mol. The molecule has 3 heteroatoms. The zero-order valence-corrected chi connectivity index (χ0v) is 12.2. The van der Waals surface area contributed by atoms with Crippen molar-refractivity contribution in [2.24, 2.45) is 18.9 Å². The van der Waals surface area contributed by atoms with Crippen molar-refractivity contribution in [1.82, 2.24) is 14.9 Å². The lowest BCUT2D eigenvalue weighted by atomic mass is 9.77. The van der Waals surface area contributed by atoms with E-state index in [4.69, 9.17) is 0 Å². The van der Waals surface area contributed by atoms with E-state index in [0.717, 1.165) is 17.7 Å². The summed E-state index contributed by atoms with van der Waals surface area (Å²) >= 11 is 0. The van der Waals surface area contributed by atoms with Crippen molar-refractivity contribution >= 4 is 0 Å². The molecule has 1 aliphatic rings. The molecule has 3 nitrogen and oxygen atoms in total. The molecule has 0 bridgehead atoms. The maximum atomic E-state index is 4.45. The van der Waals surface area contributed by atoms with Crippen LogP contribution in [0.15, 0.2) is 12.4 Å². The van der Waals surface area contributed by atoms with Gasteiger partial charge in [0.05, 0.1) is 6.04 Å². The first-order valence-electron chi connectivity index (χ1n) is 7.33. The largest absolute Gasteiger partial charge is 0.337 e. The summed E-state index contributed by atoms with van der Waals surface area (Å²) in [6.07, 6.45) is 9.37. The molecule has 0 amide bonds. The minimum absolute atomic E-state index is 0.342. The van der Waals surface area contributed by atoms with Gasteiger partial charge < -0.3 is 9.88 Å². The molecule has 18 heavy (non-hydrogen) atoms. The molecular weight excluding hydrogens is 222 g/mol. The average Bonchev–Trinajstić information content (AvgIpc) is 2.76. The summed E-state index contributed by atoms with van der Waals surface area (Å²) in [7, 11) is 2.07. The summed E-state index contributed by atoms with van der Waals surface area (Å²) in [5.41, 5.74) is 0. The van der Waals surface area contributed by atoms with Crippen LogP contribution >= 0.6 is 0 Å². The van der Waals surface area contributed by atoms with Gasteiger partial charge in [-0.3, -0.25) is 0 Å². The first-order valence-corrected chi connectivity index (χ1v) is 7.33. The molecule has 0 aromatic carbocycles. The van der Waals surface area contributed by atoms with Gasteiger partial charge in [-0.25, -0.2) is 4.98 Å². The van der Waals surface area contributed by atoms with Crippen LogP contribution in [0.25, 0.3) is 0 Å². The predicted octanol–water partition coefficient (Wildman–Crippen LogP) is 3.29. The molecule has 102 valence electrons. The van der Waals surface area contributed by atoms with E-state index in [-0.39, 0.29) is 0 Å². The van der Waals surface area contributed by atoms with Gasteiger partial charge in [0.25, 0.3) is 0 Å². The third-order valence-electron chi connectivity index (χ3n) is 4.39. The normalized spacial score (nSPS) is 26.5. The number of aromatic nitrogens is 2. The third-order valence-corrected chi connectivity index (χ3v) is 4.39. The van der Waals surface area contributed by atoms with Crippen LogP contribution in [0.3, 0.4) is 0 Å². The third kappa shape index (κ3) is 2.94. The lowest BCUT2D eigenvalue weighted by Crippen LogP contribution is -2.42. The Morgan fingerprint density at radius 3 is 2.61 bits per heavy atom. The Hall–Kier alpha value is -0.830. The van der Waals surface area contributed by atoms with Crippen LogP contribution < -0.4 is 5.32 Å². The Morgan fingerprint density at radius 2 is 2.00 bits per heavy atom. The van der Waals surface area contributed by atoms with Crippen LogP contribution in [0.5, 0.6) is 0 Å². The molecule has 1 aromatic rings. The maximum absolute atomic E-state index is 4.45. The highest BCUT2D eigenvalue weighted by atomic mass is 15.1. The standard InChI is InChI=1S/C15H27N3/c1-11(2)13-7-5-6-8-14(13)17-12(3)15-16-9-10-18(15)4/h9-14,17H,5-8H2,1-4H3. The van der Waals surface area contributed by atoms with E-state index in [2.05, 4.69) is 42.7 Å². The molecule has 3 unspecified atom stereocenters. The van der Waals surface area contributed by atoms with E-state index in [1.807, 2.05) is 12.4 Å². The Balaban J connectivity index is 2.01. The second kappa shape index (κ2) is 5.87. The van der Waals surface area contributed by atoms with Crippen LogP contribution in [0, 0.1) is 11.8 Å². The van der Waals surface area contributed by atoms with E-state index in [0.29, 0.717) is 12.1 Å². The van der Waals surface area contributed by atoms with E-state index in [9.17, 15) is 0 Å². The number of hydrogen-bond acceptors (Lipinski definition) is 2. The summed E-state index contributed by atoms with van der Waals surface area (Å²) in [6.45, 7) is 6.94. The molecule has 2 rings (SSSR count). The number of imidazole rings is 1. The maximum Gasteiger partial charge on any atom is 0.125 e. The van der Waals surface area contributed by atoms with Gasteiger partial charge in [0.15, 0.2) is 0 Å². The van der Waals surface area contributed by atoms with E-state index >= 15 is 0 Å². The van der Waals surface area contributed by atoms with Crippen molar-refractivity contribution in [3.8, 4) is 0 Å². The van der Waals surface area contributed by atoms with Crippen LogP contribution in [0.2, 0.25) is 0 Å². The second-order valence-electron chi connectivity index (χ2n) is 6.08. The lowest BCUT2D eigenvalue weighted by molar-refractivity contribution is 0.192. The van der Waals surface area contributed by atoms with E-state index < -0.39 is 0 Å². The molecule has 0 spiro atoms. The molecular formula is C15H27N3. The van der Waals surface area contributed by atoms with E-state index in [1.165, 1.54) is 25.7 Å². The summed E-state index contributed by atoms with van der Waals surface area (Å²) in [6, 6.07) is 1.000. The molecule has 1 fully saturated rings. The topological polar surface area (TPSA) is 29.9 Å². The molecule has 1 N–H and O–H groups in total. The molecule has 1 heterocycles. The molecule has 0 saturated heterocycles. The van der Waals surface area contributed by atoms with Gasteiger partial charge >= 0.3 is 0 Å². The number of aryl methyl sites for hydroxylation is 1. The van der Waals surface area contributed by atoms with Gasteiger partial charge in [0.1, 0.15) is 5.82 Å². The Bertz CT molecular complexity index is 370. The molecule has 3 atom stereocenters. The number of rotatable bonds is 4. The Labute approximate surface area is 111 Å². The highest BCUT2D eigenvalue weighted by Gasteiger charge is 2.29. The van der Waals surface area contributed by atoms with Gasteiger partial charge in [-0.15, -0.1) is 0 Å². The Kier molecular flexibility index (Phi) is 4.44. The summed E-state index contributed by atoms with van der Waals surface area (Å²) in [5, 5.41) is 3.81. The number of nitrogens with zero attached hydrogens (tertiary/aromatic N) is 2. The van der Waals surface area contributed by atoms with Crippen molar-refractivity contribution in [3.63, 3.8) is 0 Å². The van der Waals surface area contributed by atoms with Crippen molar-refractivity contribution in [2.75, 3.05) is 0 Å². The van der Waals surface area contributed by atoms with E-state index in [1.54, 1.807) is 0 Å². The number of hydrogen-bond donors (Lipinski definition) is 1. The average molecular weight is 249 g/mol. The molecule has 1 aromatic heterocycles. The summed E-state index contributed by atoms with van der Waals surface area (Å²) < 4.78 is 2.12. The second-order valence-corrected chi connectivity index (χ2v) is 6.08. The quantitative estimate of drug-likeness (QED) is 0.887. The van der Waals surface area contributed by atoms with Crippen molar-refractivity contribution in [3.05, 3.63) is 18.2 Å². The zero-order chi connectivity index (χ0) is 13.1. The highest BCUT2D eigenvalue weighted by molar-refractivity contribution is 4.98. The fourth-order valence-electron chi connectivity index (χ4n) is 3.35. The smallest absolute Gasteiger partial charge is 0.125 e. The first-order chi connectivity index (χ1) is 8.59. The Morgan fingerprint density at radius 1 is 1.28 bits per heavy atom. The fourth-order valence-corrected chi connectivity index (χ4v) is 3.35. The van der Waals surface area contributed by atoms with Gasteiger partial charge in [-0.2, -0.15) is 0 Å².